The van der Waals surface area contributed by atoms with E-state index in [9.17, 15) is 4.79 Å². The number of fused-ring (bicyclic) bond motifs is 3. The third-order valence-electron chi connectivity index (χ3n) is 4.33. The summed E-state index contributed by atoms with van der Waals surface area (Å²) in [6, 6.07) is 17.9. The van der Waals surface area contributed by atoms with Crippen LogP contribution >= 0.6 is 11.3 Å². The highest BCUT2D eigenvalue weighted by Crippen LogP contribution is 2.42. The summed E-state index contributed by atoms with van der Waals surface area (Å²) in [6.07, 6.45) is 0. The second kappa shape index (κ2) is 7.32. The minimum Gasteiger partial charge on any atom is -0.488 e. The molecule has 132 valence electrons. The lowest BCUT2D eigenvalue weighted by Crippen LogP contribution is -2.21. The van der Waals surface area contributed by atoms with Gasteiger partial charge in [0.05, 0.1) is 11.5 Å². The molecule has 1 aliphatic rings. The molecule has 0 bridgehead atoms. The molecule has 5 heteroatoms. The molecule has 0 saturated heterocycles. The van der Waals surface area contributed by atoms with Crippen molar-refractivity contribution in [3.63, 3.8) is 0 Å². The second-order valence-corrected chi connectivity index (χ2v) is 7.23. The Kier molecular flexibility index (Phi) is 4.73. The third-order valence-corrected chi connectivity index (χ3v) is 5.54. The molecule has 0 fully saturated rings. The maximum atomic E-state index is 12.6. The van der Waals surface area contributed by atoms with Gasteiger partial charge < -0.3 is 14.8 Å². The molecule has 4 nitrogen and oxygen atoms in total. The van der Waals surface area contributed by atoms with Crippen LogP contribution in [0, 0.1) is 0 Å². The van der Waals surface area contributed by atoms with E-state index in [1.165, 1.54) is 11.3 Å². The first-order valence-corrected chi connectivity index (χ1v) is 9.26. The number of rotatable bonds is 5. The minimum absolute atomic E-state index is 0.0529. The van der Waals surface area contributed by atoms with Crippen molar-refractivity contribution in [3.05, 3.63) is 76.2 Å². The highest BCUT2D eigenvalue weighted by atomic mass is 32.1. The number of methoxy groups -OCH3 is 1. The van der Waals surface area contributed by atoms with Gasteiger partial charge in [-0.05, 0) is 29.3 Å². The molecule has 0 unspecified atom stereocenters. The Labute approximate surface area is 156 Å². The smallest absolute Gasteiger partial charge is 0.261 e. The third kappa shape index (κ3) is 3.36. The number of carbonyl (C=O) groups is 1. The maximum absolute atomic E-state index is 12.6. The molecule has 26 heavy (non-hydrogen) atoms. The molecule has 0 atom stereocenters. The van der Waals surface area contributed by atoms with Gasteiger partial charge >= 0.3 is 0 Å². The Morgan fingerprint density at radius 3 is 2.73 bits per heavy atom. The van der Waals surface area contributed by atoms with E-state index < -0.39 is 0 Å². The van der Waals surface area contributed by atoms with E-state index >= 15 is 0 Å². The Hall–Kier alpha value is -2.63. The van der Waals surface area contributed by atoms with Crippen LogP contribution < -0.4 is 10.1 Å². The van der Waals surface area contributed by atoms with Crippen LogP contribution in [0.15, 0.2) is 54.6 Å². The van der Waals surface area contributed by atoms with Gasteiger partial charge in [-0.3, -0.25) is 4.79 Å². The van der Waals surface area contributed by atoms with Crippen LogP contribution in [-0.4, -0.2) is 13.0 Å². The number of carbonyl (C=O) groups excluding carboxylic acids is 1. The largest absolute Gasteiger partial charge is 0.488 e. The van der Waals surface area contributed by atoms with Gasteiger partial charge in [0.1, 0.15) is 12.4 Å². The van der Waals surface area contributed by atoms with Crippen LogP contribution in [0.3, 0.4) is 0 Å². The van der Waals surface area contributed by atoms with Crippen LogP contribution in [-0.2, 0) is 24.5 Å². The molecule has 1 aromatic heterocycles. The van der Waals surface area contributed by atoms with Crippen LogP contribution in [0.25, 0.3) is 10.4 Å². The first-order valence-electron chi connectivity index (χ1n) is 8.44. The van der Waals surface area contributed by atoms with E-state index in [0.717, 1.165) is 32.9 Å². The Bertz CT molecular complexity index is 931. The van der Waals surface area contributed by atoms with E-state index in [4.69, 9.17) is 9.47 Å². The Balaban J connectivity index is 1.46. The number of amides is 1. The monoisotopic (exact) mass is 365 g/mol. The Morgan fingerprint density at radius 1 is 1.15 bits per heavy atom. The quantitative estimate of drug-likeness (QED) is 0.730. The zero-order chi connectivity index (χ0) is 17.9. The van der Waals surface area contributed by atoms with Gasteiger partial charge in [0, 0.05) is 29.7 Å². The number of ether oxygens (including phenoxy) is 2. The Morgan fingerprint density at radius 2 is 1.92 bits per heavy atom. The molecule has 2 heterocycles. The minimum atomic E-state index is -0.0529. The van der Waals surface area contributed by atoms with Crippen molar-refractivity contribution in [2.24, 2.45) is 0 Å². The van der Waals surface area contributed by atoms with Crippen molar-refractivity contribution < 1.29 is 14.3 Å². The lowest BCUT2D eigenvalue weighted by Gasteiger charge is -2.16. The van der Waals surface area contributed by atoms with E-state index in [0.29, 0.717) is 24.6 Å². The normalized spacial score (nSPS) is 12.0. The van der Waals surface area contributed by atoms with Crippen molar-refractivity contribution >= 4 is 17.2 Å². The maximum Gasteiger partial charge on any atom is 0.261 e. The van der Waals surface area contributed by atoms with Gasteiger partial charge in [-0.2, -0.15) is 0 Å². The van der Waals surface area contributed by atoms with Gasteiger partial charge in [-0.15, -0.1) is 11.3 Å². The van der Waals surface area contributed by atoms with Gasteiger partial charge in [-0.25, -0.2) is 0 Å². The number of hydrogen-bond donors (Lipinski definition) is 1. The summed E-state index contributed by atoms with van der Waals surface area (Å²) in [7, 11) is 1.68. The van der Waals surface area contributed by atoms with Crippen LogP contribution in [0.1, 0.15) is 26.4 Å². The number of hydrogen-bond acceptors (Lipinski definition) is 4. The molecule has 1 N–H and O–H groups in total. The molecular weight excluding hydrogens is 346 g/mol. The van der Waals surface area contributed by atoms with Crippen LogP contribution in [0.4, 0.5) is 0 Å². The number of nitrogens with one attached hydrogen (secondary N) is 1. The van der Waals surface area contributed by atoms with Gasteiger partial charge in [0.2, 0.25) is 0 Å². The molecule has 1 aliphatic heterocycles. The molecule has 2 aromatic carbocycles. The lowest BCUT2D eigenvalue weighted by molar-refractivity contribution is 0.0955. The second-order valence-electron chi connectivity index (χ2n) is 6.18. The standard InChI is InChI=1S/C21H19NO3S/c1-24-12-15-8-6-14(7-9-15)11-22-21(23)19-10-16-13-25-18-5-3-2-4-17(18)20(16)26-19/h2-10H,11-13H2,1H3,(H,22,23). The van der Waals surface area contributed by atoms with E-state index in [2.05, 4.69) is 5.32 Å². The average Bonchev–Trinajstić information content (AvgIpc) is 3.12. The predicted molar refractivity (Wildman–Crippen MR) is 102 cm³/mol. The van der Waals surface area contributed by atoms with Gasteiger partial charge in [0.15, 0.2) is 0 Å². The molecule has 0 aliphatic carbocycles. The molecule has 4 rings (SSSR count). The molecule has 0 spiro atoms. The molecule has 1 amide bonds. The summed E-state index contributed by atoms with van der Waals surface area (Å²) in [6.45, 7) is 1.61. The summed E-state index contributed by atoms with van der Waals surface area (Å²) in [5, 5.41) is 3.00. The summed E-state index contributed by atoms with van der Waals surface area (Å²) in [4.78, 5) is 14.4. The first kappa shape index (κ1) is 16.8. The van der Waals surface area contributed by atoms with Crippen LogP contribution in [0.2, 0.25) is 0 Å². The number of para-hydroxylation sites is 1. The first-order chi connectivity index (χ1) is 12.7. The van der Waals surface area contributed by atoms with E-state index in [1.807, 2.05) is 54.6 Å². The van der Waals surface area contributed by atoms with Crippen molar-refractivity contribution in [2.45, 2.75) is 19.8 Å². The highest BCUT2D eigenvalue weighted by Gasteiger charge is 2.22. The van der Waals surface area contributed by atoms with Crippen LogP contribution in [0.5, 0.6) is 5.75 Å². The lowest BCUT2D eigenvalue weighted by atomic mass is 10.1. The molecule has 0 radical (unpaired) electrons. The SMILES string of the molecule is COCc1ccc(CNC(=O)c2cc3c(s2)-c2ccccc2OC3)cc1. The molecular formula is C21H19NO3S. The highest BCUT2D eigenvalue weighted by molar-refractivity contribution is 7.17. The molecule has 3 aromatic rings. The summed E-state index contributed by atoms with van der Waals surface area (Å²) < 4.78 is 10.9. The summed E-state index contributed by atoms with van der Waals surface area (Å²) >= 11 is 1.52. The van der Waals surface area contributed by atoms with E-state index in [-0.39, 0.29) is 5.91 Å². The zero-order valence-electron chi connectivity index (χ0n) is 14.5. The fourth-order valence-electron chi connectivity index (χ4n) is 3.00. The fraction of sp³-hybridized carbons (Fsp3) is 0.190. The van der Waals surface area contributed by atoms with Crippen molar-refractivity contribution in [3.8, 4) is 16.2 Å². The van der Waals surface area contributed by atoms with Gasteiger partial charge in [-0.1, -0.05) is 36.4 Å². The molecule has 0 saturated carbocycles. The fourth-order valence-corrected chi connectivity index (χ4v) is 4.11. The van der Waals surface area contributed by atoms with Crippen molar-refractivity contribution in [1.82, 2.24) is 5.32 Å². The topological polar surface area (TPSA) is 47.6 Å². The number of thiophene rings is 1. The van der Waals surface area contributed by atoms with Crippen molar-refractivity contribution in [2.75, 3.05) is 7.11 Å². The number of benzene rings is 2. The average molecular weight is 365 g/mol. The summed E-state index contributed by atoms with van der Waals surface area (Å²) in [5.74, 6) is 0.827. The van der Waals surface area contributed by atoms with Crippen molar-refractivity contribution in [1.29, 1.82) is 0 Å². The predicted octanol–water partition coefficient (Wildman–Crippen LogP) is 4.38. The van der Waals surface area contributed by atoms with E-state index in [1.54, 1.807) is 7.11 Å². The van der Waals surface area contributed by atoms with Gasteiger partial charge in [0.25, 0.3) is 5.91 Å². The zero-order valence-corrected chi connectivity index (χ0v) is 15.3. The summed E-state index contributed by atoms with van der Waals surface area (Å²) in [5.41, 5.74) is 4.31.